The van der Waals surface area contributed by atoms with Gasteiger partial charge in [-0.25, -0.2) is 0 Å². The molecule has 0 aliphatic carbocycles. The first-order valence-corrected chi connectivity index (χ1v) is 6.33. The van der Waals surface area contributed by atoms with E-state index in [9.17, 15) is 0 Å². The van der Waals surface area contributed by atoms with Crippen LogP contribution < -0.4 is 5.32 Å². The predicted octanol–water partition coefficient (Wildman–Crippen LogP) is 4.36. The van der Waals surface area contributed by atoms with Gasteiger partial charge in [0.05, 0.1) is 6.04 Å². The Morgan fingerprint density at radius 3 is 2.33 bits per heavy atom. The number of halogens is 1. The first kappa shape index (κ1) is 12.9. The van der Waals surface area contributed by atoms with Crippen LogP contribution in [0.1, 0.15) is 17.2 Å². The highest BCUT2D eigenvalue weighted by atomic mass is 35.5. The minimum Gasteiger partial charge on any atom is -0.303 e. The average molecular weight is 258 g/mol. The van der Waals surface area contributed by atoms with Crippen molar-refractivity contribution < 1.29 is 0 Å². The van der Waals surface area contributed by atoms with Crippen LogP contribution >= 0.6 is 11.6 Å². The van der Waals surface area contributed by atoms with Crippen LogP contribution in [-0.2, 0) is 6.54 Å². The number of rotatable bonds is 5. The Morgan fingerprint density at radius 2 is 1.72 bits per heavy atom. The van der Waals surface area contributed by atoms with Crippen molar-refractivity contribution in [3.63, 3.8) is 0 Å². The highest BCUT2D eigenvalue weighted by Crippen LogP contribution is 2.15. The summed E-state index contributed by atoms with van der Waals surface area (Å²) in [6.45, 7) is 4.67. The fourth-order valence-corrected chi connectivity index (χ4v) is 1.95. The first-order valence-electron chi connectivity index (χ1n) is 5.95. The molecule has 92 valence electrons. The molecular formula is C16H16ClN. The van der Waals surface area contributed by atoms with Crippen LogP contribution in [0.2, 0.25) is 5.02 Å². The van der Waals surface area contributed by atoms with Gasteiger partial charge in [0.2, 0.25) is 0 Å². The molecule has 0 amide bonds. The third kappa shape index (κ3) is 3.46. The third-order valence-corrected chi connectivity index (χ3v) is 3.09. The smallest absolute Gasteiger partial charge is 0.0506 e. The van der Waals surface area contributed by atoms with Gasteiger partial charge in [0, 0.05) is 11.6 Å². The summed E-state index contributed by atoms with van der Waals surface area (Å²) < 4.78 is 0. The summed E-state index contributed by atoms with van der Waals surface area (Å²) in [5, 5.41) is 4.23. The maximum Gasteiger partial charge on any atom is 0.0506 e. The highest BCUT2D eigenvalue weighted by Gasteiger charge is 2.05. The average Bonchev–Trinajstić information content (AvgIpc) is 2.43. The van der Waals surface area contributed by atoms with E-state index in [-0.39, 0.29) is 6.04 Å². The lowest BCUT2D eigenvalue weighted by molar-refractivity contribution is 0.622. The third-order valence-electron chi connectivity index (χ3n) is 2.83. The van der Waals surface area contributed by atoms with E-state index in [4.69, 9.17) is 11.6 Å². The number of hydrogen-bond acceptors (Lipinski definition) is 1. The summed E-state index contributed by atoms with van der Waals surface area (Å²) in [4.78, 5) is 0. The monoisotopic (exact) mass is 257 g/mol. The van der Waals surface area contributed by atoms with Gasteiger partial charge in [-0.3, -0.25) is 0 Å². The zero-order valence-corrected chi connectivity index (χ0v) is 10.9. The second kappa shape index (κ2) is 6.39. The maximum absolute atomic E-state index is 5.86. The molecule has 1 unspecified atom stereocenters. The minimum atomic E-state index is 0.168. The minimum absolute atomic E-state index is 0.168. The van der Waals surface area contributed by atoms with Crippen LogP contribution in [-0.4, -0.2) is 0 Å². The zero-order valence-electron chi connectivity index (χ0n) is 10.1. The number of benzene rings is 2. The second-order valence-electron chi connectivity index (χ2n) is 4.13. The molecular weight excluding hydrogens is 242 g/mol. The molecule has 0 saturated carbocycles. The lowest BCUT2D eigenvalue weighted by Crippen LogP contribution is -2.18. The molecule has 1 atom stereocenters. The Kier molecular flexibility index (Phi) is 4.57. The molecule has 1 nitrogen and oxygen atoms in total. The van der Waals surface area contributed by atoms with Crippen molar-refractivity contribution in [3.05, 3.63) is 83.4 Å². The highest BCUT2D eigenvalue weighted by molar-refractivity contribution is 6.30. The Balaban J connectivity index is 2.00. The summed E-state index contributed by atoms with van der Waals surface area (Å²) >= 11 is 5.86. The van der Waals surface area contributed by atoms with Gasteiger partial charge in [-0.15, -0.1) is 6.58 Å². The molecule has 0 heterocycles. The molecule has 2 rings (SSSR count). The van der Waals surface area contributed by atoms with Crippen molar-refractivity contribution in [2.75, 3.05) is 0 Å². The molecule has 0 spiro atoms. The van der Waals surface area contributed by atoms with E-state index < -0.39 is 0 Å². The standard InChI is InChI=1S/C16H16ClN/c1-2-16(14-6-4-3-5-7-14)18-12-13-8-10-15(17)11-9-13/h2-11,16,18H,1,12H2. The van der Waals surface area contributed by atoms with Gasteiger partial charge in [0.25, 0.3) is 0 Å². The Hall–Kier alpha value is -1.57. The van der Waals surface area contributed by atoms with Crippen LogP contribution in [0.3, 0.4) is 0 Å². The molecule has 1 N–H and O–H groups in total. The fraction of sp³-hybridized carbons (Fsp3) is 0.125. The molecule has 2 heteroatoms. The van der Waals surface area contributed by atoms with E-state index >= 15 is 0 Å². The quantitative estimate of drug-likeness (QED) is 0.785. The van der Waals surface area contributed by atoms with E-state index in [0.29, 0.717) is 0 Å². The lowest BCUT2D eigenvalue weighted by atomic mass is 10.1. The molecule has 0 saturated heterocycles. The molecule has 0 bridgehead atoms. The van der Waals surface area contributed by atoms with Crippen molar-refractivity contribution in [1.82, 2.24) is 5.32 Å². The summed E-state index contributed by atoms with van der Waals surface area (Å²) in [5.74, 6) is 0. The molecule has 0 aliphatic rings. The van der Waals surface area contributed by atoms with Crippen molar-refractivity contribution in [3.8, 4) is 0 Å². The molecule has 0 aromatic heterocycles. The number of nitrogens with one attached hydrogen (secondary N) is 1. The van der Waals surface area contributed by atoms with E-state index in [1.54, 1.807) is 0 Å². The Bertz CT molecular complexity index is 490. The van der Waals surface area contributed by atoms with E-state index in [2.05, 4.69) is 24.0 Å². The van der Waals surface area contributed by atoms with Crippen molar-refractivity contribution in [2.24, 2.45) is 0 Å². The largest absolute Gasteiger partial charge is 0.303 e. The normalized spacial score (nSPS) is 12.1. The second-order valence-corrected chi connectivity index (χ2v) is 4.57. The van der Waals surface area contributed by atoms with E-state index in [1.165, 1.54) is 11.1 Å². The van der Waals surface area contributed by atoms with Gasteiger partial charge < -0.3 is 5.32 Å². The lowest BCUT2D eigenvalue weighted by Gasteiger charge is -2.15. The molecule has 0 radical (unpaired) electrons. The molecule has 0 aliphatic heterocycles. The van der Waals surface area contributed by atoms with Gasteiger partial charge in [-0.2, -0.15) is 0 Å². The zero-order chi connectivity index (χ0) is 12.8. The van der Waals surface area contributed by atoms with E-state index in [1.807, 2.05) is 48.5 Å². The van der Waals surface area contributed by atoms with Gasteiger partial charge in [0.15, 0.2) is 0 Å². The molecule has 18 heavy (non-hydrogen) atoms. The summed E-state index contributed by atoms with van der Waals surface area (Å²) in [6.07, 6.45) is 1.92. The van der Waals surface area contributed by atoms with Gasteiger partial charge in [0.1, 0.15) is 0 Å². The van der Waals surface area contributed by atoms with Crippen LogP contribution in [0.25, 0.3) is 0 Å². The maximum atomic E-state index is 5.86. The van der Waals surface area contributed by atoms with Crippen LogP contribution in [0.4, 0.5) is 0 Å². The molecule has 2 aromatic carbocycles. The van der Waals surface area contributed by atoms with E-state index in [0.717, 1.165) is 11.6 Å². The summed E-state index contributed by atoms with van der Waals surface area (Å²) in [6, 6.07) is 18.3. The summed E-state index contributed by atoms with van der Waals surface area (Å²) in [5.41, 5.74) is 2.43. The van der Waals surface area contributed by atoms with Crippen molar-refractivity contribution >= 4 is 11.6 Å². The fourth-order valence-electron chi connectivity index (χ4n) is 1.83. The van der Waals surface area contributed by atoms with Crippen molar-refractivity contribution in [1.29, 1.82) is 0 Å². The van der Waals surface area contributed by atoms with Crippen LogP contribution in [0.5, 0.6) is 0 Å². The topological polar surface area (TPSA) is 12.0 Å². The Morgan fingerprint density at radius 1 is 1.06 bits per heavy atom. The molecule has 0 fully saturated rings. The van der Waals surface area contributed by atoms with Crippen LogP contribution in [0.15, 0.2) is 67.3 Å². The van der Waals surface area contributed by atoms with Gasteiger partial charge in [-0.1, -0.05) is 60.1 Å². The predicted molar refractivity (Wildman–Crippen MR) is 77.7 cm³/mol. The number of hydrogen-bond donors (Lipinski definition) is 1. The first-order chi connectivity index (χ1) is 8.79. The summed E-state index contributed by atoms with van der Waals surface area (Å²) in [7, 11) is 0. The SMILES string of the molecule is C=CC(NCc1ccc(Cl)cc1)c1ccccc1. The van der Waals surface area contributed by atoms with Gasteiger partial charge >= 0.3 is 0 Å². The van der Waals surface area contributed by atoms with Crippen LogP contribution in [0, 0.1) is 0 Å². The molecule has 2 aromatic rings. The van der Waals surface area contributed by atoms with Gasteiger partial charge in [-0.05, 0) is 23.3 Å². The van der Waals surface area contributed by atoms with Crippen molar-refractivity contribution in [2.45, 2.75) is 12.6 Å². The Labute approximate surface area is 113 Å².